The van der Waals surface area contributed by atoms with Crippen molar-refractivity contribution in [2.75, 3.05) is 11.9 Å². The first-order chi connectivity index (χ1) is 9.20. The van der Waals surface area contributed by atoms with E-state index >= 15 is 0 Å². The molecule has 1 amide bonds. The summed E-state index contributed by atoms with van der Waals surface area (Å²) in [6.07, 6.45) is 3.00. The zero-order chi connectivity index (χ0) is 13.7. The van der Waals surface area contributed by atoms with E-state index in [9.17, 15) is 9.59 Å². The maximum absolute atomic E-state index is 12.0. The summed E-state index contributed by atoms with van der Waals surface area (Å²) in [7, 11) is 0. The molecule has 0 aliphatic rings. The van der Waals surface area contributed by atoms with Crippen molar-refractivity contribution in [1.82, 2.24) is 9.97 Å². The van der Waals surface area contributed by atoms with Crippen molar-refractivity contribution in [3.8, 4) is 5.88 Å². The molecule has 2 rings (SSSR count). The zero-order valence-electron chi connectivity index (χ0n) is 10.3. The first-order valence-corrected chi connectivity index (χ1v) is 5.78. The molecule has 0 atom stereocenters. The summed E-state index contributed by atoms with van der Waals surface area (Å²) in [5, 5.41) is 2.66. The normalized spacial score (nSPS) is 9.95. The van der Waals surface area contributed by atoms with Gasteiger partial charge in [0.1, 0.15) is 5.69 Å². The van der Waals surface area contributed by atoms with Gasteiger partial charge in [0.05, 0.1) is 6.61 Å². The molecule has 2 aromatic rings. The molecule has 6 heteroatoms. The van der Waals surface area contributed by atoms with Gasteiger partial charge in [0.2, 0.25) is 11.4 Å². The summed E-state index contributed by atoms with van der Waals surface area (Å²) in [5.74, 6) is -0.0387. The van der Waals surface area contributed by atoms with Crippen molar-refractivity contribution in [3.05, 3.63) is 52.6 Å². The Kier molecular flexibility index (Phi) is 3.92. The van der Waals surface area contributed by atoms with E-state index < -0.39 is 0 Å². The molecular weight excluding hydrogens is 246 g/mol. The highest BCUT2D eigenvalue weighted by molar-refractivity contribution is 6.04. The molecule has 2 aromatic heterocycles. The Morgan fingerprint density at radius 1 is 1.47 bits per heavy atom. The van der Waals surface area contributed by atoms with Gasteiger partial charge in [0, 0.05) is 24.0 Å². The van der Waals surface area contributed by atoms with E-state index in [2.05, 4.69) is 15.3 Å². The summed E-state index contributed by atoms with van der Waals surface area (Å²) in [6.45, 7) is 2.28. The second-order valence-electron chi connectivity index (χ2n) is 3.68. The number of hydrogen-bond donors (Lipinski definition) is 2. The van der Waals surface area contributed by atoms with Crippen molar-refractivity contribution in [2.45, 2.75) is 6.92 Å². The van der Waals surface area contributed by atoms with Crippen molar-refractivity contribution < 1.29 is 9.53 Å². The van der Waals surface area contributed by atoms with Crippen LogP contribution in [0.15, 0.2) is 41.5 Å². The number of pyridine rings is 2. The fourth-order valence-corrected chi connectivity index (χ4v) is 1.52. The molecular formula is C13H13N3O3. The van der Waals surface area contributed by atoms with Crippen LogP contribution in [0.3, 0.4) is 0 Å². The van der Waals surface area contributed by atoms with Crippen LogP contribution in [0.1, 0.15) is 17.3 Å². The largest absolute Gasteiger partial charge is 0.476 e. The zero-order valence-corrected chi connectivity index (χ0v) is 10.3. The van der Waals surface area contributed by atoms with Gasteiger partial charge in [-0.2, -0.15) is 0 Å². The summed E-state index contributed by atoms with van der Waals surface area (Å²) in [5.41, 5.74) is 0.411. The molecule has 2 N–H and O–H groups in total. The third kappa shape index (κ3) is 3.19. The van der Waals surface area contributed by atoms with Gasteiger partial charge >= 0.3 is 0 Å². The lowest BCUT2D eigenvalue weighted by molar-refractivity contribution is 0.102. The minimum atomic E-state index is -0.389. The van der Waals surface area contributed by atoms with Gasteiger partial charge in [0.15, 0.2) is 0 Å². The average molecular weight is 259 g/mol. The van der Waals surface area contributed by atoms with Crippen molar-refractivity contribution in [3.63, 3.8) is 0 Å². The van der Waals surface area contributed by atoms with Gasteiger partial charge in [0.25, 0.3) is 5.91 Å². The molecule has 0 fully saturated rings. The van der Waals surface area contributed by atoms with E-state index in [1.807, 2.05) is 6.92 Å². The highest BCUT2D eigenvalue weighted by Crippen LogP contribution is 2.20. The van der Waals surface area contributed by atoms with E-state index in [1.165, 1.54) is 18.3 Å². The fraction of sp³-hybridized carbons (Fsp3) is 0.154. The summed E-state index contributed by atoms with van der Waals surface area (Å²) in [4.78, 5) is 29.6. The number of nitrogens with one attached hydrogen (secondary N) is 2. The van der Waals surface area contributed by atoms with Gasteiger partial charge < -0.3 is 15.0 Å². The molecule has 2 heterocycles. The van der Waals surface area contributed by atoms with Crippen molar-refractivity contribution >= 4 is 11.6 Å². The van der Waals surface area contributed by atoms with Crippen LogP contribution < -0.4 is 15.6 Å². The molecule has 6 nitrogen and oxygen atoms in total. The Morgan fingerprint density at radius 2 is 2.32 bits per heavy atom. The molecule has 0 saturated heterocycles. The Balaban J connectivity index is 2.21. The van der Waals surface area contributed by atoms with Crippen LogP contribution in [-0.4, -0.2) is 22.5 Å². The molecule has 19 heavy (non-hydrogen) atoms. The summed E-state index contributed by atoms with van der Waals surface area (Å²) >= 11 is 0. The van der Waals surface area contributed by atoms with Crippen molar-refractivity contribution in [2.24, 2.45) is 0 Å². The number of amides is 1. The molecule has 0 aliphatic carbocycles. The van der Waals surface area contributed by atoms with Crippen LogP contribution >= 0.6 is 0 Å². The number of ether oxygens (including phenoxy) is 1. The highest BCUT2D eigenvalue weighted by Gasteiger charge is 2.10. The van der Waals surface area contributed by atoms with Crippen LogP contribution in [0.5, 0.6) is 5.88 Å². The monoisotopic (exact) mass is 259 g/mol. The lowest BCUT2D eigenvalue weighted by Crippen LogP contribution is -2.16. The second-order valence-corrected chi connectivity index (χ2v) is 3.68. The van der Waals surface area contributed by atoms with E-state index in [4.69, 9.17) is 4.74 Å². The smallest absolute Gasteiger partial charge is 0.256 e. The predicted molar refractivity (Wildman–Crippen MR) is 70.4 cm³/mol. The van der Waals surface area contributed by atoms with Crippen LogP contribution in [0, 0.1) is 0 Å². The van der Waals surface area contributed by atoms with Crippen LogP contribution in [0.2, 0.25) is 0 Å². The second kappa shape index (κ2) is 5.81. The molecule has 98 valence electrons. The third-order valence-corrected chi connectivity index (χ3v) is 2.34. The van der Waals surface area contributed by atoms with Gasteiger partial charge in [-0.3, -0.25) is 9.59 Å². The molecule has 0 aliphatic heterocycles. The number of rotatable bonds is 4. The SMILES string of the molecule is CCOc1ncccc1NC(=O)c1cc[nH]c(=O)c1. The van der Waals surface area contributed by atoms with Gasteiger partial charge in [-0.15, -0.1) is 0 Å². The predicted octanol–water partition coefficient (Wildman–Crippen LogP) is 1.42. The average Bonchev–Trinajstić information content (AvgIpc) is 2.41. The topological polar surface area (TPSA) is 84.1 Å². The molecule has 0 saturated carbocycles. The number of anilines is 1. The van der Waals surface area contributed by atoms with Crippen LogP contribution in [-0.2, 0) is 0 Å². The summed E-state index contributed by atoms with van der Waals surface area (Å²) in [6, 6.07) is 6.12. The molecule has 0 radical (unpaired) electrons. The number of carbonyl (C=O) groups is 1. The Labute approximate surface area is 109 Å². The minimum absolute atomic E-state index is 0.273. The first-order valence-electron chi connectivity index (χ1n) is 5.78. The first kappa shape index (κ1) is 12.8. The Hall–Kier alpha value is -2.63. The number of H-pyrrole nitrogens is 1. The lowest BCUT2D eigenvalue weighted by Gasteiger charge is -2.09. The third-order valence-electron chi connectivity index (χ3n) is 2.34. The van der Waals surface area contributed by atoms with Crippen LogP contribution in [0.25, 0.3) is 0 Å². The number of nitrogens with zero attached hydrogens (tertiary/aromatic N) is 1. The maximum atomic E-state index is 12.0. The van der Waals surface area contributed by atoms with E-state index in [-0.39, 0.29) is 17.0 Å². The van der Waals surface area contributed by atoms with Gasteiger partial charge in [-0.25, -0.2) is 4.98 Å². The lowest BCUT2D eigenvalue weighted by atomic mass is 10.2. The molecule has 0 bridgehead atoms. The van der Waals surface area contributed by atoms with E-state index in [1.54, 1.807) is 18.3 Å². The minimum Gasteiger partial charge on any atom is -0.476 e. The Morgan fingerprint density at radius 3 is 3.05 bits per heavy atom. The quantitative estimate of drug-likeness (QED) is 0.869. The molecule has 0 unspecified atom stereocenters. The van der Waals surface area contributed by atoms with Gasteiger partial charge in [-0.1, -0.05) is 0 Å². The standard InChI is InChI=1S/C13H13N3O3/c1-2-19-13-10(4-3-6-15-13)16-12(18)9-5-7-14-11(17)8-9/h3-8H,2H2,1H3,(H,14,17)(H,16,18). The molecule has 0 spiro atoms. The van der Waals surface area contributed by atoms with Crippen LogP contribution in [0.4, 0.5) is 5.69 Å². The molecule has 0 aromatic carbocycles. The number of aromatic amines is 1. The number of hydrogen-bond acceptors (Lipinski definition) is 4. The number of carbonyl (C=O) groups excluding carboxylic acids is 1. The highest BCUT2D eigenvalue weighted by atomic mass is 16.5. The van der Waals surface area contributed by atoms with Gasteiger partial charge in [-0.05, 0) is 25.1 Å². The Bertz CT molecular complexity index is 637. The maximum Gasteiger partial charge on any atom is 0.256 e. The number of aromatic nitrogens is 2. The fourth-order valence-electron chi connectivity index (χ4n) is 1.52. The summed E-state index contributed by atoms with van der Waals surface area (Å²) < 4.78 is 5.30. The van der Waals surface area contributed by atoms with Crippen molar-refractivity contribution in [1.29, 1.82) is 0 Å². The van der Waals surface area contributed by atoms with E-state index in [0.717, 1.165) is 0 Å². The van der Waals surface area contributed by atoms with E-state index in [0.29, 0.717) is 18.2 Å².